The zero-order valence-corrected chi connectivity index (χ0v) is 17.1. The highest BCUT2D eigenvalue weighted by atomic mass is 16.8. The van der Waals surface area contributed by atoms with E-state index in [2.05, 4.69) is 16.6 Å². The molecule has 0 spiro atoms. The van der Waals surface area contributed by atoms with Crippen LogP contribution in [0.5, 0.6) is 11.5 Å². The summed E-state index contributed by atoms with van der Waals surface area (Å²) in [6.07, 6.45) is 6.39. The first kappa shape index (κ1) is 26.4. The SMILES string of the molecule is C#CCCCCNC(=O)Nc1ccc(O)cc1O.OC1COC(CCN(O)O)CC1O. The Kier molecular flexibility index (Phi) is 12.3. The summed E-state index contributed by atoms with van der Waals surface area (Å²) < 4.78 is 5.15. The van der Waals surface area contributed by atoms with E-state index in [1.54, 1.807) is 0 Å². The number of nitrogens with one attached hydrogen (secondary N) is 2. The van der Waals surface area contributed by atoms with E-state index in [1.807, 2.05) is 0 Å². The molecule has 3 unspecified atom stereocenters. The van der Waals surface area contributed by atoms with Crippen molar-refractivity contribution < 1.29 is 40.4 Å². The quantitative estimate of drug-likeness (QED) is 0.0961. The molecule has 1 heterocycles. The Hall–Kier alpha value is -2.59. The van der Waals surface area contributed by atoms with Gasteiger partial charge in [0.15, 0.2) is 0 Å². The Bertz CT molecular complexity index is 710. The van der Waals surface area contributed by atoms with Gasteiger partial charge in [-0.3, -0.25) is 10.4 Å². The van der Waals surface area contributed by atoms with Crippen LogP contribution in [0.1, 0.15) is 32.1 Å². The number of carbonyl (C=O) groups is 1. The number of aliphatic hydroxyl groups excluding tert-OH is 2. The van der Waals surface area contributed by atoms with Gasteiger partial charge in [-0.1, -0.05) is 5.23 Å². The van der Waals surface area contributed by atoms with Crippen LogP contribution in [0.4, 0.5) is 10.5 Å². The van der Waals surface area contributed by atoms with Gasteiger partial charge in [-0.15, -0.1) is 12.3 Å². The van der Waals surface area contributed by atoms with Gasteiger partial charge in [0.25, 0.3) is 0 Å². The van der Waals surface area contributed by atoms with Crippen molar-refractivity contribution in [2.45, 2.75) is 50.4 Å². The fourth-order valence-corrected chi connectivity index (χ4v) is 2.65. The van der Waals surface area contributed by atoms with Crippen LogP contribution in [0.3, 0.4) is 0 Å². The third-order valence-corrected chi connectivity index (χ3v) is 4.37. The van der Waals surface area contributed by atoms with Gasteiger partial charge >= 0.3 is 6.03 Å². The topological polar surface area (TPSA) is 175 Å². The molecule has 0 bridgehead atoms. The molecule has 3 atom stereocenters. The largest absolute Gasteiger partial charge is 0.508 e. The van der Waals surface area contributed by atoms with E-state index in [-0.39, 0.29) is 41.7 Å². The van der Waals surface area contributed by atoms with Gasteiger partial charge in [0.2, 0.25) is 0 Å². The van der Waals surface area contributed by atoms with E-state index in [0.717, 1.165) is 18.9 Å². The van der Waals surface area contributed by atoms with E-state index in [0.29, 0.717) is 25.8 Å². The van der Waals surface area contributed by atoms with Gasteiger partial charge in [-0.2, -0.15) is 0 Å². The molecular weight excluding hydrogens is 410 g/mol. The van der Waals surface area contributed by atoms with Crippen LogP contribution in [-0.2, 0) is 4.74 Å². The van der Waals surface area contributed by atoms with Crippen LogP contribution >= 0.6 is 0 Å². The number of hydroxylamine groups is 2. The summed E-state index contributed by atoms with van der Waals surface area (Å²) in [6.45, 7) is 0.683. The predicted molar refractivity (Wildman–Crippen MR) is 111 cm³/mol. The molecule has 2 rings (SSSR count). The molecule has 174 valence electrons. The number of hydrogen-bond acceptors (Lipinski definition) is 9. The van der Waals surface area contributed by atoms with E-state index >= 15 is 0 Å². The molecule has 1 fully saturated rings. The van der Waals surface area contributed by atoms with Crippen molar-refractivity contribution in [3.05, 3.63) is 18.2 Å². The second kappa shape index (κ2) is 14.4. The Morgan fingerprint density at radius 1 is 1.23 bits per heavy atom. The molecule has 1 aliphatic heterocycles. The lowest BCUT2D eigenvalue weighted by molar-refractivity contribution is -0.309. The predicted octanol–water partition coefficient (Wildman–Crippen LogP) is 0.990. The molecule has 1 aromatic carbocycles. The molecule has 1 saturated heterocycles. The number of phenolic OH excluding ortho intramolecular Hbond substituents is 2. The summed E-state index contributed by atoms with van der Waals surface area (Å²) in [7, 11) is 0. The summed E-state index contributed by atoms with van der Waals surface area (Å²) >= 11 is 0. The maximum atomic E-state index is 11.4. The zero-order valence-electron chi connectivity index (χ0n) is 17.1. The minimum atomic E-state index is -0.824. The van der Waals surface area contributed by atoms with Crippen molar-refractivity contribution in [3.63, 3.8) is 0 Å². The van der Waals surface area contributed by atoms with Gasteiger partial charge in [-0.05, 0) is 31.4 Å². The molecular formula is C20H31N3O8. The molecule has 11 nitrogen and oxygen atoms in total. The number of ether oxygens (including phenoxy) is 1. The summed E-state index contributed by atoms with van der Waals surface area (Å²) in [4.78, 5) is 11.4. The number of anilines is 1. The highest BCUT2D eigenvalue weighted by Gasteiger charge is 2.28. The number of aliphatic hydroxyl groups is 2. The first-order valence-corrected chi connectivity index (χ1v) is 9.86. The van der Waals surface area contributed by atoms with Crippen LogP contribution in [0.15, 0.2) is 18.2 Å². The second-order valence-electron chi connectivity index (χ2n) is 6.95. The molecule has 11 heteroatoms. The molecule has 1 aromatic rings. The fourth-order valence-electron chi connectivity index (χ4n) is 2.65. The van der Waals surface area contributed by atoms with E-state index in [9.17, 15) is 15.0 Å². The summed E-state index contributed by atoms with van der Waals surface area (Å²) in [5, 5.41) is 58.9. The molecule has 0 aromatic heterocycles. The molecule has 0 saturated carbocycles. The van der Waals surface area contributed by atoms with Gasteiger partial charge in [0.05, 0.1) is 31.0 Å². The highest BCUT2D eigenvalue weighted by molar-refractivity contribution is 5.90. The lowest BCUT2D eigenvalue weighted by Gasteiger charge is -2.30. The summed E-state index contributed by atoms with van der Waals surface area (Å²) in [5.74, 6) is 2.28. The van der Waals surface area contributed by atoms with Gasteiger partial charge in [0.1, 0.15) is 17.6 Å². The standard InChI is InChI=1S/C13H16N2O3.C7H15NO5/c1-2-3-4-5-8-14-13(18)15-11-7-6-10(16)9-12(11)17;9-6-3-5(1-2-8(11)12)13-4-7(6)10/h1,6-7,9,16-17H,3-5,8H2,(H2,14,15,18);5-7,9-12H,1-4H2. The number of phenols is 2. The number of aromatic hydroxyl groups is 2. The highest BCUT2D eigenvalue weighted by Crippen LogP contribution is 2.26. The number of carbonyl (C=O) groups excluding carboxylic acids is 1. The first-order valence-electron chi connectivity index (χ1n) is 9.86. The number of nitrogens with zero attached hydrogens (tertiary/aromatic N) is 1. The average Bonchev–Trinajstić information content (AvgIpc) is 2.71. The number of hydrogen-bond donors (Lipinski definition) is 8. The summed E-state index contributed by atoms with van der Waals surface area (Å²) in [6, 6.07) is 3.55. The van der Waals surface area contributed by atoms with Crippen molar-refractivity contribution in [1.82, 2.24) is 10.5 Å². The normalized spacial score (nSPS) is 20.3. The van der Waals surface area contributed by atoms with Crippen LogP contribution in [0.25, 0.3) is 0 Å². The third kappa shape index (κ3) is 11.4. The third-order valence-electron chi connectivity index (χ3n) is 4.37. The average molecular weight is 441 g/mol. The monoisotopic (exact) mass is 441 g/mol. The van der Waals surface area contributed by atoms with Gasteiger partial charge in [0, 0.05) is 25.5 Å². The Labute approximate surface area is 180 Å². The molecule has 8 N–H and O–H groups in total. The minimum absolute atomic E-state index is 0.0623. The van der Waals surface area contributed by atoms with Crippen molar-refractivity contribution in [2.24, 2.45) is 0 Å². The Morgan fingerprint density at radius 2 is 1.97 bits per heavy atom. The van der Waals surface area contributed by atoms with Gasteiger partial charge in [-0.25, -0.2) is 4.79 Å². The molecule has 2 amide bonds. The molecule has 0 radical (unpaired) electrons. The number of terminal acetylenes is 1. The van der Waals surface area contributed by atoms with Crippen LogP contribution in [-0.4, -0.2) is 80.1 Å². The minimum Gasteiger partial charge on any atom is -0.508 e. The number of amides is 2. The number of rotatable bonds is 8. The fraction of sp³-hybridized carbons (Fsp3) is 0.550. The van der Waals surface area contributed by atoms with E-state index < -0.39 is 18.2 Å². The van der Waals surface area contributed by atoms with Crippen molar-refractivity contribution >= 4 is 11.7 Å². The van der Waals surface area contributed by atoms with E-state index in [4.69, 9.17) is 31.8 Å². The molecule has 0 aliphatic carbocycles. The Morgan fingerprint density at radius 3 is 2.58 bits per heavy atom. The van der Waals surface area contributed by atoms with Crippen LogP contribution in [0, 0.1) is 12.3 Å². The summed E-state index contributed by atoms with van der Waals surface area (Å²) in [5.41, 5.74) is 0.244. The smallest absolute Gasteiger partial charge is 0.319 e. The molecule has 1 aliphatic rings. The maximum absolute atomic E-state index is 11.4. The second-order valence-corrected chi connectivity index (χ2v) is 6.95. The maximum Gasteiger partial charge on any atom is 0.319 e. The lowest BCUT2D eigenvalue weighted by atomic mass is 10.0. The number of unbranched alkanes of at least 4 members (excludes halogenated alkanes) is 2. The first-order chi connectivity index (χ1) is 14.7. The van der Waals surface area contributed by atoms with Gasteiger partial charge < -0.3 is 35.8 Å². The van der Waals surface area contributed by atoms with Crippen molar-refractivity contribution in [3.8, 4) is 23.8 Å². The number of benzene rings is 1. The van der Waals surface area contributed by atoms with E-state index in [1.165, 1.54) is 12.1 Å². The van der Waals surface area contributed by atoms with Crippen LogP contribution < -0.4 is 10.6 Å². The zero-order chi connectivity index (χ0) is 23.2. The van der Waals surface area contributed by atoms with Crippen molar-refractivity contribution in [1.29, 1.82) is 0 Å². The number of urea groups is 1. The Balaban J connectivity index is 0.000000327. The lowest BCUT2D eigenvalue weighted by Crippen LogP contribution is -2.42. The van der Waals surface area contributed by atoms with Crippen molar-refractivity contribution in [2.75, 3.05) is 25.0 Å². The molecule has 31 heavy (non-hydrogen) atoms. The van der Waals surface area contributed by atoms with Crippen LogP contribution in [0.2, 0.25) is 0 Å².